The highest BCUT2D eigenvalue weighted by atomic mass is 79.9. The van der Waals surface area contributed by atoms with Crippen LogP contribution in [0.15, 0.2) is 47.6 Å². The van der Waals surface area contributed by atoms with Crippen LogP contribution in [0.1, 0.15) is 38.1 Å². The largest absolute Gasteiger partial charge is 0.493 e. The molecule has 0 radical (unpaired) electrons. The monoisotopic (exact) mass is 657 g/mol. The van der Waals surface area contributed by atoms with E-state index in [0.29, 0.717) is 42.7 Å². The number of carbonyl (C=O) groups excluding carboxylic acids is 1. The molecule has 0 aliphatic heterocycles. The van der Waals surface area contributed by atoms with Gasteiger partial charge in [-0.15, -0.1) is 0 Å². The van der Waals surface area contributed by atoms with E-state index >= 15 is 0 Å². The van der Waals surface area contributed by atoms with E-state index in [1.165, 1.54) is 25.1 Å². The fourth-order valence-corrected chi connectivity index (χ4v) is 4.40. The van der Waals surface area contributed by atoms with Crippen molar-refractivity contribution >= 4 is 70.9 Å². The predicted molar refractivity (Wildman–Crippen MR) is 141 cm³/mol. The fourth-order valence-electron chi connectivity index (χ4n) is 3.12. The number of ether oxygens (including phenoxy) is 3. The van der Waals surface area contributed by atoms with Crippen molar-refractivity contribution in [3.05, 3.63) is 59.4 Å². The number of hydrogen-bond acceptors (Lipinski definition) is 7. The SMILES string of the molecule is COC(=O)[C@H](C)Oc1c(OC)cc(C=Nn2c(C(C)C)nc3ccc(Br)cc3c2=O)c(Br)c1Br. The number of methoxy groups -OCH3 is 2. The molecular weight excluding hydrogens is 638 g/mol. The molecule has 0 aliphatic rings. The second-order valence-corrected chi connectivity index (χ2v) is 10.1. The molecule has 0 saturated heterocycles. The third-order valence-electron chi connectivity index (χ3n) is 4.87. The number of fused-ring (bicyclic) bond motifs is 1. The van der Waals surface area contributed by atoms with Gasteiger partial charge in [-0.3, -0.25) is 4.79 Å². The van der Waals surface area contributed by atoms with Gasteiger partial charge in [-0.2, -0.15) is 9.78 Å². The standard InChI is InChI=1S/C23H22Br3N3O5/c1-11(2)21-28-16-7-6-14(24)9-15(16)22(30)29(21)27-10-13-8-17(32-4)20(19(26)18(13)25)34-12(3)23(31)33-5/h6-12H,1-5H3/t12-/m0/s1. The van der Waals surface area contributed by atoms with E-state index in [-0.39, 0.29) is 11.5 Å². The van der Waals surface area contributed by atoms with Gasteiger partial charge in [0, 0.05) is 20.4 Å². The van der Waals surface area contributed by atoms with Gasteiger partial charge in [0.15, 0.2) is 17.6 Å². The first-order chi connectivity index (χ1) is 16.1. The number of esters is 1. The first-order valence-corrected chi connectivity index (χ1v) is 12.5. The highest BCUT2D eigenvalue weighted by Crippen LogP contribution is 2.42. The van der Waals surface area contributed by atoms with Crippen molar-refractivity contribution in [2.24, 2.45) is 5.10 Å². The Balaban J connectivity index is 2.12. The minimum Gasteiger partial charge on any atom is -0.493 e. The molecule has 3 rings (SSSR count). The van der Waals surface area contributed by atoms with E-state index in [0.717, 1.165) is 4.47 Å². The number of benzene rings is 2. The second kappa shape index (κ2) is 11.0. The minimum absolute atomic E-state index is 0.0433. The molecule has 180 valence electrons. The number of nitrogens with zero attached hydrogens (tertiary/aromatic N) is 3. The first-order valence-electron chi connectivity index (χ1n) is 10.2. The summed E-state index contributed by atoms with van der Waals surface area (Å²) in [5, 5.41) is 4.92. The first kappa shape index (κ1) is 26.4. The van der Waals surface area contributed by atoms with Crippen LogP contribution in [0, 0.1) is 0 Å². The molecule has 0 unspecified atom stereocenters. The zero-order valence-corrected chi connectivity index (χ0v) is 23.8. The Labute approximate surface area is 221 Å². The lowest BCUT2D eigenvalue weighted by Gasteiger charge is -2.18. The topological polar surface area (TPSA) is 92.0 Å². The molecule has 0 fully saturated rings. The molecule has 0 bridgehead atoms. The van der Waals surface area contributed by atoms with Gasteiger partial charge in [-0.05, 0) is 63.0 Å². The quantitative estimate of drug-likeness (QED) is 0.241. The predicted octanol–water partition coefficient (Wildman–Crippen LogP) is 5.64. The summed E-state index contributed by atoms with van der Waals surface area (Å²) in [4.78, 5) is 29.7. The molecule has 1 atom stereocenters. The smallest absolute Gasteiger partial charge is 0.346 e. The molecule has 0 spiro atoms. The van der Waals surface area contributed by atoms with E-state index < -0.39 is 12.1 Å². The van der Waals surface area contributed by atoms with Gasteiger partial charge in [0.25, 0.3) is 5.56 Å². The van der Waals surface area contributed by atoms with Crippen molar-refractivity contribution in [2.45, 2.75) is 32.8 Å². The Hall–Kier alpha value is -2.24. The van der Waals surface area contributed by atoms with Crippen LogP contribution in [0.25, 0.3) is 10.9 Å². The summed E-state index contributed by atoms with van der Waals surface area (Å²) in [7, 11) is 2.77. The van der Waals surface area contributed by atoms with Crippen molar-refractivity contribution in [1.29, 1.82) is 0 Å². The van der Waals surface area contributed by atoms with Gasteiger partial charge in [-0.1, -0.05) is 29.8 Å². The number of carbonyl (C=O) groups is 1. The molecule has 8 nitrogen and oxygen atoms in total. The van der Waals surface area contributed by atoms with Crippen molar-refractivity contribution in [2.75, 3.05) is 14.2 Å². The molecule has 3 aromatic rings. The molecular formula is C23H22Br3N3O5. The average Bonchev–Trinajstić information content (AvgIpc) is 2.81. The van der Waals surface area contributed by atoms with Crippen LogP contribution in [0.4, 0.5) is 0 Å². The molecule has 1 heterocycles. The van der Waals surface area contributed by atoms with Crippen LogP contribution in [-0.2, 0) is 9.53 Å². The molecule has 0 aliphatic carbocycles. The summed E-state index contributed by atoms with van der Waals surface area (Å²) in [6.45, 7) is 5.47. The van der Waals surface area contributed by atoms with Crippen LogP contribution in [0.2, 0.25) is 0 Å². The lowest BCUT2D eigenvalue weighted by atomic mass is 10.2. The van der Waals surface area contributed by atoms with Gasteiger partial charge < -0.3 is 14.2 Å². The van der Waals surface area contributed by atoms with Crippen LogP contribution in [0.5, 0.6) is 11.5 Å². The van der Waals surface area contributed by atoms with Crippen LogP contribution < -0.4 is 15.0 Å². The van der Waals surface area contributed by atoms with Gasteiger partial charge in [-0.25, -0.2) is 9.78 Å². The fraction of sp³-hybridized carbons (Fsp3) is 0.304. The maximum Gasteiger partial charge on any atom is 0.346 e. The lowest BCUT2D eigenvalue weighted by Crippen LogP contribution is -2.25. The molecule has 1 aromatic heterocycles. The molecule has 0 N–H and O–H groups in total. The Bertz CT molecular complexity index is 1340. The highest BCUT2D eigenvalue weighted by molar-refractivity contribution is 9.13. The summed E-state index contributed by atoms with van der Waals surface area (Å²) < 4.78 is 19.1. The van der Waals surface area contributed by atoms with Crippen molar-refractivity contribution < 1.29 is 19.0 Å². The lowest BCUT2D eigenvalue weighted by molar-refractivity contribution is -0.147. The van der Waals surface area contributed by atoms with Crippen molar-refractivity contribution in [3.8, 4) is 11.5 Å². The van der Waals surface area contributed by atoms with Crippen LogP contribution in [-0.4, -0.2) is 42.2 Å². The molecule has 0 saturated carbocycles. The maximum atomic E-state index is 13.2. The van der Waals surface area contributed by atoms with Gasteiger partial charge in [0.2, 0.25) is 0 Å². The van der Waals surface area contributed by atoms with Gasteiger partial charge in [0.05, 0.1) is 35.8 Å². The molecule has 11 heteroatoms. The number of halogens is 3. The second-order valence-electron chi connectivity index (χ2n) is 7.56. The number of rotatable bonds is 7. The molecule has 2 aromatic carbocycles. The van der Waals surface area contributed by atoms with Gasteiger partial charge in [0.1, 0.15) is 5.82 Å². The zero-order valence-electron chi connectivity index (χ0n) is 19.1. The van der Waals surface area contributed by atoms with E-state index in [4.69, 9.17) is 14.2 Å². The summed E-state index contributed by atoms with van der Waals surface area (Å²) in [5.74, 6) is 0.654. The summed E-state index contributed by atoms with van der Waals surface area (Å²) in [5.41, 5.74) is 0.938. The highest BCUT2D eigenvalue weighted by Gasteiger charge is 2.22. The number of hydrogen-bond donors (Lipinski definition) is 0. The van der Waals surface area contributed by atoms with Crippen LogP contribution >= 0.6 is 47.8 Å². The third kappa shape index (κ3) is 5.36. The Kier molecular flexibility index (Phi) is 8.53. The third-order valence-corrected chi connectivity index (χ3v) is 7.50. The van der Waals surface area contributed by atoms with E-state index in [1.807, 2.05) is 19.9 Å². The normalized spacial score (nSPS) is 12.4. The van der Waals surface area contributed by atoms with E-state index in [1.54, 1.807) is 25.1 Å². The Morgan fingerprint density at radius 3 is 2.44 bits per heavy atom. The van der Waals surface area contributed by atoms with E-state index in [2.05, 4.69) is 57.9 Å². The van der Waals surface area contributed by atoms with Crippen LogP contribution in [0.3, 0.4) is 0 Å². The molecule has 0 amide bonds. The maximum absolute atomic E-state index is 13.2. The summed E-state index contributed by atoms with van der Waals surface area (Å²) in [6.07, 6.45) is 0.681. The summed E-state index contributed by atoms with van der Waals surface area (Å²) >= 11 is 10.4. The Morgan fingerprint density at radius 2 is 1.82 bits per heavy atom. The van der Waals surface area contributed by atoms with Crippen molar-refractivity contribution in [3.63, 3.8) is 0 Å². The Morgan fingerprint density at radius 1 is 1.12 bits per heavy atom. The van der Waals surface area contributed by atoms with E-state index in [9.17, 15) is 9.59 Å². The van der Waals surface area contributed by atoms with Gasteiger partial charge >= 0.3 is 5.97 Å². The zero-order chi connectivity index (χ0) is 25.2. The van der Waals surface area contributed by atoms with Crippen molar-refractivity contribution in [1.82, 2.24) is 9.66 Å². The summed E-state index contributed by atoms with van der Waals surface area (Å²) in [6, 6.07) is 7.05. The number of aromatic nitrogens is 2. The minimum atomic E-state index is -0.850. The average molecular weight is 660 g/mol. The molecule has 34 heavy (non-hydrogen) atoms.